The Morgan fingerprint density at radius 3 is 2.22 bits per heavy atom. The molecule has 0 atom stereocenters. The third-order valence-corrected chi connectivity index (χ3v) is 14.9. The van der Waals surface area contributed by atoms with Crippen LogP contribution in [0.25, 0.3) is 16.8 Å². The molecule has 3 fully saturated rings. The molecule has 1 aromatic heterocycles. The van der Waals surface area contributed by atoms with Gasteiger partial charge in [0.15, 0.2) is 12.1 Å². The van der Waals surface area contributed by atoms with Crippen molar-refractivity contribution in [1.29, 1.82) is 0 Å². The molecule has 3 aromatic rings. The van der Waals surface area contributed by atoms with Crippen molar-refractivity contribution >= 4 is 40.7 Å². The van der Waals surface area contributed by atoms with E-state index in [4.69, 9.17) is 16.6 Å². The molecule has 0 amide bonds. The third-order valence-electron chi connectivity index (χ3n) is 14.5. The van der Waals surface area contributed by atoms with Gasteiger partial charge in [0.2, 0.25) is 0 Å². The Morgan fingerprint density at radius 1 is 0.969 bits per heavy atom. The summed E-state index contributed by atoms with van der Waals surface area (Å²) in [4.78, 5) is 35.9. The number of imidazole rings is 1. The van der Waals surface area contributed by atoms with Crippen LogP contribution in [0, 0.1) is 17.8 Å². The summed E-state index contributed by atoms with van der Waals surface area (Å²) in [6, 6.07) is 13.1. The van der Waals surface area contributed by atoms with Crippen LogP contribution in [-0.4, -0.2) is 82.6 Å². The maximum Gasteiger partial charge on any atom is 0.165 e. The van der Waals surface area contributed by atoms with Gasteiger partial charge < -0.3 is 20.1 Å². The Balaban J connectivity index is 0.000000291. The molecule has 64 heavy (non-hydrogen) atoms. The van der Waals surface area contributed by atoms with Crippen LogP contribution in [0.2, 0.25) is 5.02 Å². The first kappa shape index (κ1) is 50.8. The highest BCUT2D eigenvalue weighted by molar-refractivity contribution is 6.36. The zero-order chi connectivity index (χ0) is 46.8. The fourth-order valence-electron chi connectivity index (χ4n) is 10.8. The molecule has 9 nitrogen and oxygen atoms in total. The van der Waals surface area contributed by atoms with Gasteiger partial charge in [-0.1, -0.05) is 96.5 Å². The number of rotatable bonds is 14. The number of fused-ring (bicyclic) bond motifs is 3. The fraction of sp³-hybridized carbons (Fsp3) is 0.574. The van der Waals surface area contributed by atoms with E-state index in [9.17, 15) is 9.59 Å². The Kier molecular flexibility index (Phi) is 18.1. The van der Waals surface area contributed by atoms with E-state index in [0.29, 0.717) is 21.9 Å². The van der Waals surface area contributed by atoms with Crippen LogP contribution in [-0.2, 0) is 29.6 Å². The first-order chi connectivity index (χ1) is 30.7. The minimum Gasteiger partial charge on any atom is -0.388 e. The van der Waals surface area contributed by atoms with Crippen LogP contribution in [0.5, 0.6) is 0 Å². The fourth-order valence-corrected chi connectivity index (χ4v) is 11.1. The largest absolute Gasteiger partial charge is 0.388 e. The smallest absolute Gasteiger partial charge is 0.165 e. The summed E-state index contributed by atoms with van der Waals surface area (Å²) in [6.45, 7) is 27.9. The second-order valence-electron chi connectivity index (χ2n) is 18.9. The van der Waals surface area contributed by atoms with Crippen molar-refractivity contribution in [3.05, 3.63) is 94.3 Å². The van der Waals surface area contributed by atoms with E-state index in [2.05, 4.69) is 98.0 Å². The maximum atomic E-state index is 13.0. The van der Waals surface area contributed by atoms with E-state index in [1.54, 1.807) is 0 Å². The summed E-state index contributed by atoms with van der Waals surface area (Å²) in [5, 5.41) is 7.41. The van der Waals surface area contributed by atoms with Crippen molar-refractivity contribution in [2.45, 2.75) is 145 Å². The van der Waals surface area contributed by atoms with Crippen molar-refractivity contribution in [3.8, 4) is 11.1 Å². The number of hydrogen-bond acceptors (Lipinski definition) is 8. The number of Topliss-reactive ketones (excluding diaryl/α,β-unsaturated/α-hetero) is 1. The number of likely N-dealkylation sites (N-methyl/N-ethyl adjacent to an activating group) is 1. The van der Waals surface area contributed by atoms with Crippen molar-refractivity contribution in [3.63, 3.8) is 0 Å². The van der Waals surface area contributed by atoms with E-state index in [0.717, 1.165) is 135 Å². The average molecular weight is 895 g/mol. The highest BCUT2D eigenvalue weighted by Gasteiger charge is 2.57. The van der Waals surface area contributed by atoms with Crippen LogP contribution in [0.1, 0.15) is 141 Å². The lowest BCUT2D eigenvalue weighted by atomic mass is 9.78. The summed E-state index contributed by atoms with van der Waals surface area (Å²) in [6.07, 6.45) is 15.6. The maximum absolute atomic E-state index is 13.0. The first-order valence-electron chi connectivity index (χ1n) is 24.4. The van der Waals surface area contributed by atoms with Crippen molar-refractivity contribution < 1.29 is 9.59 Å². The zero-order valence-electron chi connectivity index (χ0n) is 41.2. The van der Waals surface area contributed by atoms with Gasteiger partial charge in [-0.15, -0.1) is 0 Å². The van der Waals surface area contributed by atoms with Gasteiger partial charge in [0.25, 0.3) is 0 Å². The predicted molar refractivity (Wildman–Crippen MR) is 271 cm³/mol. The summed E-state index contributed by atoms with van der Waals surface area (Å²) >= 11 is 6.98. The molecule has 8 rings (SSSR count). The van der Waals surface area contributed by atoms with Crippen LogP contribution in [0.15, 0.2) is 66.5 Å². The van der Waals surface area contributed by atoms with Crippen LogP contribution in [0.3, 0.4) is 0 Å². The zero-order valence-corrected chi connectivity index (χ0v) is 41.9. The van der Waals surface area contributed by atoms with E-state index < -0.39 is 0 Å². The molecule has 0 radical (unpaired) electrons. The monoisotopic (exact) mass is 894 g/mol. The van der Waals surface area contributed by atoms with Gasteiger partial charge in [0, 0.05) is 107 Å². The predicted octanol–water partition coefficient (Wildman–Crippen LogP) is 12.5. The summed E-state index contributed by atoms with van der Waals surface area (Å²) in [7, 11) is 5.97. The number of ketones is 1. The molecule has 10 heteroatoms. The van der Waals surface area contributed by atoms with E-state index >= 15 is 0 Å². The standard InChI is InChI=1S/C35H44ClN5O.C14H22N2O.C3H8.C2H6/c1-6-9-31(42)35-17-15-34(21-35,16-18-35)22-41-19-14-30-29(20-41)39-33(40(30)5)24(3)38-28-13-8-11-26(32(28)36)25-10-7-12-27(37-4)23(25)2;1-11-9-16(13-5-4-6-13)8-7-14(11)15(3)12(2)10-17;1-3-2;1-2/h7-8,10-13,37-38H,3,6,9,14-22H2,1-2,4-5H3;10,13H,2,4-9H2,1,3H3;3H2,1-2H3;1-2H3. The second-order valence-corrected chi connectivity index (χ2v) is 19.3. The number of nitrogens with zero attached hydrogens (tertiary/aromatic N) is 5. The number of benzene rings is 2. The molecule has 2 aromatic carbocycles. The molecule has 3 heterocycles. The molecule has 350 valence electrons. The summed E-state index contributed by atoms with van der Waals surface area (Å²) in [5.41, 5.74) is 11.8. The molecule has 0 saturated heterocycles. The molecule has 2 bridgehead atoms. The Bertz CT molecular complexity index is 2140. The number of halogens is 1. The highest BCUT2D eigenvalue weighted by Crippen LogP contribution is 2.62. The first-order valence-corrected chi connectivity index (χ1v) is 24.7. The minimum absolute atomic E-state index is 0.0223. The van der Waals surface area contributed by atoms with Crippen molar-refractivity contribution in [2.75, 3.05) is 50.9 Å². The van der Waals surface area contributed by atoms with Gasteiger partial charge in [-0.2, -0.15) is 0 Å². The van der Waals surface area contributed by atoms with Crippen LogP contribution in [0.4, 0.5) is 11.4 Å². The molecular weight excluding hydrogens is 814 g/mol. The molecule has 3 saturated carbocycles. The molecular formula is C54H80ClN7O2. The van der Waals surface area contributed by atoms with Gasteiger partial charge >= 0.3 is 0 Å². The van der Waals surface area contributed by atoms with Gasteiger partial charge in [-0.3, -0.25) is 19.4 Å². The molecule has 2 N–H and O–H groups in total. The normalized spacial score (nSPS) is 21.5. The molecule has 2 aliphatic heterocycles. The van der Waals surface area contributed by atoms with Crippen molar-refractivity contribution in [1.82, 2.24) is 24.3 Å². The third kappa shape index (κ3) is 11.1. The van der Waals surface area contributed by atoms with Crippen LogP contribution < -0.4 is 10.6 Å². The Hall–Kier alpha value is -4.18. The molecule has 5 aliphatic rings. The number of carbonyl (C=O) groups is 2. The van der Waals surface area contributed by atoms with Gasteiger partial charge in [-0.25, -0.2) is 4.98 Å². The lowest BCUT2D eigenvalue weighted by Crippen LogP contribution is -2.44. The Labute approximate surface area is 391 Å². The molecule has 0 spiro atoms. The van der Waals surface area contributed by atoms with Gasteiger partial charge in [-0.05, 0) is 99.5 Å². The molecule has 3 aliphatic carbocycles. The number of aldehydes is 1. The quantitative estimate of drug-likeness (QED) is 0.122. The SMILES string of the molecule is C=C(C=O)N(C)C1=C(C)CN(C2CCC2)CC1.C=C(Nc1cccc(-c2cccc(NC)c2C)c1Cl)c1nc2c(n1C)CCN(CC13CCC(C(=O)CCC)(CC1)C3)C2.CC.CCC. The van der Waals surface area contributed by atoms with E-state index in [1.807, 2.05) is 51.0 Å². The van der Waals surface area contributed by atoms with E-state index in [-0.39, 0.29) is 5.41 Å². The number of carbonyl (C=O) groups excluding carboxylic acids is 2. The lowest BCUT2D eigenvalue weighted by molar-refractivity contribution is -0.128. The van der Waals surface area contributed by atoms with Crippen LogP contribution >= 0.6 is 11.6 Å². The average Bonchev–Trinajstić information content (AvgIpc) is 3.95. The summed E-state index contributed by atoms with van der Waals surface area (Å²) < 4.78 is 2.19. The lowest BCUT2D eigenvalue weighted by Gasteiger charge is -2.42. The van der Waals surface area contributed by atoms with Gasteiger partial charge in [0.05, 0.1) is 27.8 Å². The number of aromatic nitrogens is 2. The number of hydrogen-bond donors (Lipinski definition) is 2. The number of nitrogens with one attached hydrogen (secondary N) is 2. The number of allylic oxidation sites excluding steroid dienone is 1. The molecule has 0 unspecified atom stereocenters. The topological polar surface area (TPSA) is 85.7 Å². The second kappa shape index (κ2) is 22.8. The van der Waals surface area contributed by atoms with E-state index in [1.165, 1.54) is 55.5 Å². The van der Waals surface area contributed by atoms with Crippen molar-refractivity contribution in [2.24, 2.45) is 17.9 Å². The Morgan fingerprint density at radius 2 is 1.62 bits per heavy atom. The minimum atomic E-state index is -0.0223. The number of anilines is 2. The highest BCUT2D eigenvalue weighted by atomic mass is 35.5. The summed E-state index contributed by atoms with van der Waals surface area (Å²) in [5.74, 6) is 1.37. The van der Waals surface area contributed by atoms with Gasteiger partial charge in [0.1, 0.15) is 5.78 Å².